The summed E-state index contributed by atoms with van der Waals surface area (Å²) in [7, 11) is -2.61. The van der Waals surface area contributed by atoms with Crippen LogP contribution in [0.4, 0.5) is 0 Å². The lowest BCUT2D eigenvalue weighted by Gasteiger charge is -2.41. The summed E-state index contributed by atoms with van der Waals surface area (Å²) in [6, 6.07) is 23.6. The van der Waals surface area contributed by atoms with Gasteiger partial charge in [-0.05, 0) is 72.2 Å². The Hall–Kier alpha value is -3.12. The molecule has 0 bridgehead atoms. The summed E-state index contributed by atoms with van der Waals surface area (Å²) in [6.07, 6.45) is 0.699. The lowest BCUT2D eigenvalue weighted by molar-refractivity contribution is -0.133. The second kappa shape index (κ2) is 12.9. The summed E-state index contributed by atoms with van der Waals surface area (Å²) >= 11 is 0. The number of benzene rings is 3. The van der Waals surface area contributed by atoms with Crippen molar-refractivity contribution in [1.82, 2.24) is 0 Å². The van der Waals surface area contributed by atoms with Crippen LogP contribution in [0, 0.1) is 0 Å². The van der Waals surface area contributed by atoms with Gasteiger partial charge in [-0.3, -0.25) is 4.79 Å². The van der Waals surface area contributed by atoms with Gasteiger partial charge in [-0.2, -0.15) is 0 Å². The Morgan fingerprint density at radius 3 is 1.51 bits per heavy atom. The molecule has 3 aromatic rings. The molecule has 5 nitrogen and oxygen atoms in total. The molecule has 0 heterocycles. The van der Waals surface area contributed by atoms with Crippen molar-refractivity contribution in [2.24, 2.45) is 0 Å². The molecule has 6 heteroatoms. The summed E-state index contributed by atoms with van der Waals surface area (Å²) < 4.78 is 25.6. The van der Waals surface area contributed by atoms with Crippen molar-refractivity contribution in [2.45, 2.75) is 94.3 Å². The summed E-state index contributed by atoms with van der Waals surface area (Å²) in [5.74, 6) is 1.53. The average Bonchev–Trinajstić information content (AvgIpc) is 2.83. The predicted molar refractivity (Wildman–Crippen MR) is 150 cm³/mol. The standard InChI is InChI=1S/C31H40O5S/c1-8-15-30(32)36-37(26-16-11-9-12-17-26,27-18-13-10-14-19-27)31-28(34-23(4)5)20-25(33-22(2)3)21-29(31)35-24(6)7/h9-14,16-24H,8,15H2,1-7H3. The molecule has 0 aliphatic rings. The zero-order valence-corrected chi connectivity index (χ0v) is 23.8. The van der Waals surface area contributed by atoms with Crippen LogP contribution >= 0.6 is 10.3 Å². The van der Waals surface area contributed by atoms with E-state index in [0.29, 0.717) is 35.0 Å². The topological polar surface area (TPSA) is 54.0 Å². The Morgan fingerprint density at radius 2 is 1.14 bits per heavy atom. The minimum absolute atomic E-state index is 0.0348. The number of hydrogen-bond donors (Lipinski definition) is 0. The molecule has 0 N–H and O–H groups in total. The van der Waals surface area contributed by atoms with Crippen LogP contribution < -0.4 is 14.2 Å². The van der Waals surface area contributed by atoms with Gasteiger partial charge in [0, 0.05) is 38.7 Å². The first-order valence-electron chi connectivity index (χ1n) is 13.0. The van der Waals surface area contributed by atoms with E-state index in [1.165, 1.54) is 0 Å². The third kappa shape index (κ3) is 7.01. The predicted octanol–water partition coefficient (Wildman–Crippen LogP) is 8.59. The van der Waals surface area contributed by atoms with E-state index in [0.717, 1.165) is 9.79 Å². The zero-order chi connectivity index (χ0) is 27.0. The maximum absolute atomic E-state index is 13.4. The molecule has 0 saturated carbocycles. The Labute approximate surface area is 223 Å². The van der Waals surface area contributed by atoms with Gasteiger partial charge >= 0.3 is 5.97 Å². The van der Waals surface area contributed by atoms with Gasteiger partial charge < -0.3 is 18.4 Å². The number of rotatable bonds is 12. The van der Waals surface area contributed by atoms with Gasteiger partial charge in [-0.15, -0.1) is 0 Å². The number of carbonyl (C=O) groups is 1. The van der Waals surface area contributed by atoms with Crippen molar-refractivity contribution in [3.8, 4) is 17.2 Å². The maximum Gasteiger partial charge on any atom is 0.317 e. The highest BCUT2D eigenvalue weighted by molar-refractivity contribution is 8.30. The van der Waals surface area contributed by atoms with E-state index in [1.54, 1.807) is 0 Å². The third-order valence-corrected chi connectivity index (χ3v) is 8.49. The Bertz CT molecular complexity index is 1070. The molecule has 3 rings (SSSR count). The molecule has 0 aliphatic heterocycles. The molecule has 37 heavy (non-hydrogen) atoms. The van der Waals surface area contributed by atoms with E-state index < -0.39 is 10.3 Å². The van der Waals surface area contributed by atoms with Crippen LogP contribution in [0.3, 0.4) is 0 Å². The Morgan fingerprint density at radius 1 is 0.703 bits per heavy atom. The van der Waals surface area contributed by atoms with Gasteiger partial charge in [0.2, 0.25) is 0 Å². The van der Waals surface area contributed by atoms with Crippen LogP contribution in [-0.4, -0.2) is 24.3 Å². The molecule has 0 amide bonds. The molecular weight excluding hydrogens is 484 g/mol. The third-order valence-electron chi connectivity index (χ3n) is 5.20. The van der Waals surface area contributed by atoms with Crippen LogP contribution in [0.5, 0.6) is 17.2 Å². The van der Waals surface area contributed by atoms with Crippen molar-refractivity contribution in [2.75, 3.05) is 0 Å². The molecule has 200 valence electrons. The monoisotopic (exact) mass is 524 g/mol. The highest BCUT2D eigenvalue weighted by atomic mass is 32.3. The van der Waals surface area contributed by atoms with Crippen LogP contribution in [0.1, 0.15) is 61.3 Å². The van der Waals surface area contributed by atoms with Gasteiger partial charge in [0.05, 0.1) is 18.3 Å². The van der Waals surface area contributed by atoms with Gasteiger partial charge in [0.15, 0.2) is 0 Å². The Balaban J connectivity index is 2.49. The second-order valence-electron chi connectivity index (χ2n) is 9.64. The first kappa shape index (κ1) is 28.5. The van der Waals surface area contributed by atoms with Crippen molar-refractivity contribution in [1.29, 1.82) is 0 Å². The first-order valence-corrected chi connectivity index (χ1v) is 14.6. The normalized spacial score (nSPS) is 12.1. The second-order valence-corrected chi connectivity index (χ2v) is 12.3. The quantitative estimate of drug-likeness (QED) is 0.237. The fraction of sp³-hybridized carbons (Fsp3) is 0.387. The first-order chi connectivity index (χ1) is 17.7. The maximum atomic E-state index is 13.4. The summed E-state index contributed by atoms with van der Waals surface area (Å²) in [5, 5.41) is 0. The molecular formula is C31H40O5S. The van der Waals surface area contributed by atoms with Crippen molar-refractivity contribution >= 4 is 16.3 Å². The van der Waals surface area contributed by atoms with E-state index in [-0.39, 0.29) is 24.3 Å². The van der Waals surface area contributed by atoms with Gasteiger partial charge in [0.25, 0.3) is 0 Å². The molecule has 0 unspecified atom stereocenters. The SMILES string of the molecule is CCCC(=O)OS(c1ccccc1)(c1ccccc1)c1c(OC(C)C)cc(OC(C)C)cc1OC(C)C. The minimum Gasteiger partial charge on any atom is -0.491 e. The van der Waals surface area contributed by atoms with Gasteiger partial charge in [-0.25, -0.2) is 0 Å². The van der Waals surface area contributed by atoms with E-state index in [4.69, 9.17) is 18.4 Å². The van der Waals surface area contributed by atoms with Crippen LogP contribution in [0.25, 0.3) is 0 Å². The molecule has 0 radical (unpaired) electrons. The molecule has 3 aromatic carbocycles. The average molecular weight is 525 g/mol. The van der Waals surface area contributed by atoms with Crippen molar-refractivity contribution in [3.63, 3.8) is 0 Å². The van der Waals surface area contributed by atoms with Crippen molar-refractivity contribution in [3.05, 3.63) is 72.8 Å². The highest BCUT2D eigenvalue weighted by Gasteiger charge is 2.41. The smallest absolute Gasteiger partial charge is 0.317 e. The summed E-state index contributed by atoms with van der Waals surface area (Å²) in [5.41, 5.74) is 0. The largest absolute Gasteiger partial charge is 0.491 e. The molecule has 0 aromatic heterocycles. The minimum atomic E-state index is -2.61. The van der Waals surface area contributed by atoms with E-state index in [1.807, 2.05) is 121 Å². The van der Waals surface area contributed by atoms with E-state index >= 15 is 0 Å². The molecule has 0 spiro atoms. The molecule has 0 atom stereocenters. The highest BCUT2D eigenvalue weighted by Crippen LogP contribution is 2.74. The molecule has 0 aliphatic carbocycles. The number of carbonyl (C=O) groups excluding carboxylic acids is 1. The van der Waals surface area contributed by atoms with Crippen LogP contribution in [-0.2, 0) is 8.98 Å². The van der Waals surface area contributed by atoms with Crippen LogP contribution in [0.2, 0.25) is 0 Å². The zero-order valence-electron chi connectivity index (χ0n) is 23.0. The van der Waals surface area contributed by atoms with E-state index in [2.05, 4.69) is 0 Å². The molecule has 0 fully saturated rings. The summed E-state index contributed by atoms with van der Waals surface area (Å²) in [4.78, 5) is 15.8. The summed E-state index contributed by atoms with van der Waals surface area (Å²) in [6.45, 7) is 13.9. The lowest BCUT2D eigenvalue weighted by Crippen LogP contribution is -2.18. The lowest BCUT2D eigenvalue weighted by atomic mass is 10.2. The van der Waals surface area contributed by atoms with Crippen molar-refractivity contribution < 1.29 is 23.2 Å². The fourth-order valence-corrected chi connectivity index (χ4v) is 7.22. The number of hydrogen-bond acceptors (Lipinski definition) is 5. The Kier molecular flexibility index (Phi) is 9.93. The van der Waals surface area contributed by atoms with E-state index in [9.17, 15) is 4.79 Å². The molecule has 0 saturated heterocycles. The van der Waals surface area contributed by atoms with Crippen LogP contribution in [0.15, 0.2) is 87.5 Å². The van der Waals surface area contributed by atoms with Gasteiger partial charge in [0.1, 0.15) is 22.1 Å². The van der Waals surface area contributed by atoms with Gasteiger partial charge in [-0.1, -0.05) is 43.3 Å². The fourth-order valence-electron chi connectivity index (χ4n) is 3.98. The number of ether oxygens (including phenoxy) is 3.